The van der Waals surface area contributed by atoms with Crippen LogP contribution in [0.3, 0.4) is 0 Å². The van der Waals surface area contributed by atoms with Crippen molar-refractivity contribution in [3.63, 3.8) is 0 Å². The van der Waals surface area contributed by atoms with Crippen molar-refractivity contribution >= 4 is 12.3 Å². The predicted octanol–water partition coefficient (Wildman–Crippen LogP) is 0.951. The quantitative estimate of drug-likeness (QED) is 0.745. The van der Waals surface area contributed by atoms with Crippen molar-refractivity contribution in [3.05, 3.63) is 12.3 Å². The Kier molecular flexibility index (Phi) is 6.62. The fourth-order valence-electron chi connectivity index (χ4n) is 1.52. The lowest BCUT2D eigenvalue weighted by molar-refractivity contribution is -0.138. The molecule has 1 unspecified atom stereocenters. The van der Waals surface area contributed by atoms with Crippen LogP contribution in [0.4, 0.5) is 0 Å². The number of Topliss-reactive ketones (excluding diaryl/α,β-unsaturated/α-hetero) is 1. The van der Waals surface area contributed by atoms with E-state index in [0.717, 1.165) is 12.2 Å². The number of carbonyl (C=O) groups is 2. The Morgan fingerprint density at radius 1 is 1.44 bits per heavy atom. The molecule has 1 fully saturated rings. The maximum Gasteiger partial charge on any atom is 0.293 e. The van der Waals surface area contributed by atoms with Gasteiger partial charge in [-0.05, 0) is 34.9 Å². The second-order valence-electron chi connectivity index (χ2n) is 5.36. The number of likely N-dealkylation sites (N-methyl/N-ethyl adjacent to an activating group) is 1. The SMILES string of the molecule is C=C1NCCC(=O)C1N(C)C.CC(C)(C)OC=O. The molecular formula is C13H24N2O3. The van der Waals surface area contributed by atoms with E-state index in [1.165, 1.54) is 0 Å². The number of piperidine rings is 1. The van der Waals surface area contributed by atoms with Gasteiger partial charge in [-0.2, -0.15) is 0 Å². The van der Waals surface area contributed by atoms with Gasteiger partial charge in [-0.25, -0.2) is 0 Å². The van der Waals surface area contributed by atoms with Crippen molar-refractivity contribution in [1.82, 2.24) is 10.2 Å². The summed E-state index contributed by atoms with van der Waals surface area (Å²) in [5, 5.41) is 3.09. The first kappa shape index (κ1) is 16.6. The minimum Gasteiger partial charge on any atom is -0.462 e. The van der Waals surface area contributed by atoms with Crippen molar-refractivity contribution in [1.29, 1.82) is 0 Å². The number of nitrogens with one attached hydrogen (secondary N) is 1. The molecule has 1 atom stereocenters. The highest BCUT2D eigenvalue weighted by atomic mass is 16.5. The van der Waals surface area contributed by atoms with Gasteiger partial charge in [-0.3, -0.25) is 14.5 Å². The van der Waals surface area contributed by atoms with E-state index in [4.69, 9.17) is 0 Å². The third-order valence-electron chi connectivity index (χ3n) is 2.28. The molecule has 1 aliphatic rings. The van der Waals surface area contributed by atoms with Gasteiger partial charge < -0.3 is 10.1 Å². The van der Waals surface area contributed by atoms with Crippen LogP contribution in [0, 0.1) is 0 Å². The summed E-state index contributed by atoms with van der Waals surface area (Å²) in [5.41, 5.74) is 0.508. The number of hydrogen-bond acceptors (Lipinski definition) is 5. The average Bonchev–Trinajstić information content (AvgIpc) is 2.15. The number of carbonyl (C=O) groups excluding carboxylic acids is 2. The molecule has 1 rings (SSSR count). The molecule has 0 saturated carbocycles. The van der Waals surface area contributed by atoms with Gasteiger partial charge in [0.1, 0.15) is 11.6 Å². The van der Waals surface area contributed by atoms with Crippen molar-refractivity contribution in [2.24, 2.45) is 0 Å². The molecule has 0 aromatic rings. The molecule has 0 aliphatic carbocycles. The lowest BCUT2D eigenvalue weighted by atomic mass is 10.0. The van der Waals surface area contributed by atoms with Crippen LogP contribution in [0.15, 0.2) is 12.3 Å². The van der Waals surface area contributed by atoms with Crippen molar-refractivity contribution in [2.75, 3.05) is 20.6 Å². The van der Waals surface area contributed by atoms with Crippen molar-refractivity contribution in [2.45, 2.75) is 38.8 Å². The van der Waals surface area contributed by atoms with Crippen molar-refractivity contribution in [3.8, 4) is 0 Å². The molecule has 0 aromatic heterocycles. The zero-order chi connectivity index (χ0) is 14.3. The van der Waals surface area contributed by atoms with Gasteiger partial charge in [-0.1, -0.05) is 6.58 Å². The van der Waals surface area contributed by atoms with E-state index in [-0.39, 0.29) is 17.4 Å². The third-order valence-corrected chi connectivity index (χ3v) is 2.28. The summed E-state index contributed by atoms with van der Waals surface area (Å²) in [4.78, 5) is 22.8. The van der Waals surface area contributed by atoms with Crippen LogP contribution in [0.25, 0.3) is 0 Å². The summed E-state index contributed by atoms with van der Waals surface area (Å²) in [7, 11) is 3.78. The molecule has 1 aliphatic heterocycles. The molecule has 0 bridgehead atoms. The first-order valence-corrected chi connectivity index (χ1v) is 5.92. The molecule has 1 N–H and O–H groups in total. The Labute approximate surface area is 109 Å². The zero-order valence-corrected chi connectivity index (χ0v) is 11.9. The van der Waals surface area contributed by atoms with Gasteiger partial charge in [0.25, 0.3) is 6.47 Å². The van der Waals surface area contributed by atoms with E-state index < -0.39 is 0 Å². The number of ketones is 1. The molecule has 0 radical (unpaired) electrons. The fourth-order valence-corrected chi connectivity index (χ4v) is 1.52. The van der Waals surface area contributed by atoms with Crippen LogP contribution in [-0.4, -0.2) is 49.4 Å². The van der Waals surface area contributed by atoms with Gasteiger partial charge >= 0.3 is 0 Å². The summed E-state index contributed by atoms with van der Waals surface area (Å²) in [6.45, 7) is 10.5. The predicted molar refractivity (Wildman–Crippen MR) is 71.1 cm³/mol. The molecule has 0 amide bonds. The van der Waals surface area contributed by atoms with E-state index in [0.29, 0.717) is 12.9 Å². The second-order valence-corrected chi connectivity index (χ2v) is 5.36. The summed E-state index contributed by atoms with van der Waals surface area (Å²) in [5.74, 6) is 0.263. The Morgan fingerprint density at radius 2 is 2.00 bits per heavy atom. The number of hydrogen-bond donors (Lipinski definition) is 1. The van der Waals surface area contributed by atoms with Crippen LogP contribution in [0.2, 0.25) is 0 Å². The summed E-state index contributed by atoms with van der Waals surface area (Å²) in [6, 6.07) is -0.122. The molecule has 1 saturated heterocycles. The van der Waals surface area contributed by atoms with Gasteiger partial charge in [0, 0.05) is 18.7 Å². The van der Waals surface area contributed by atoms with Crippen LogP contribution >= 0.6 is 0 Å². The van der Waals surface area contributed by atoms with Crippen LogP contribution in [0.5, 0.6) is 0 Å². The summed E-state index contributed by atoms with van der Waals surface area (Å²) >= 11 is 0. The van der Waals surface area contributed by atoms with Gasteiger partial charge in [-0.15, -0.1) is 0 Å². The molecule has 0 aromatic carbocycles. The number of rotatable bonds is 2. The lowest BCUT2D eigenvalue weighted by Gasteiger charge is -2.29. The minimum atomic E-state index is -0.318. The maximum absolute atomic E-state index is 11.3. The van der Waals surface area contributed by atoms with E-state index in [1.807, 2.05) is 39.8 Å². The highest BCUT2D eigenvalue weighted by molar-refractivity contribution is 5.87. The monoisotopic (exact) mass is 256 g/mol. The third kappa shape index (κ3) is 6.39. The molecular weight excluding hydrogens is 232 g/mol. The second kappa shape index (κ2) is 7.16. The van der Waals surface area contributed by atoms with E-state index >= 15 is 0 Å². The Bertz CT molecular complexity index is 290. The van der Waals surface area contributed by atoms with Crippen LogP contribution in [0.1, 0.15) is 27.2 Å². The summed E-state index contributed by atoms with van der Waals surface area (Å²) in [6.07, 6.45) is 0.613. The first-order valence-electron chi connectivity index (χ1n) is 5.92. The average molecular weight is 256 g/mol. The fraction of sp³-hybridized carbons (Fsp3) is 0.692. The Morgan fingerprint density at radius 3 is 2.22 bits per heavy atom. The molecule has 5 heteroatoms. The van der Waals surface area contributed by atoms with E-state index in [2.05, 4.69) is 16.6 Å². The van der Waals surface area contributed by atoms with Crippen molar-refractivity contribution < 1.29 is 14.3 Å². The highest BCUT2D eigenvalue weighted by Crippen LogP contribution is 2.10. The minimum absolute atomic E-state index is 0.122. The van der Waals surface area contributed by atoms with Crippen LogP contribution in [-0.2, 0) is 14.3 Å². The standard InChI is InChI=1S/C8H14N2O.C5H10O2/c1-6-8(10(2)3)7(11)4-5-9-6;1-5(2,3)7-4-6/h8-9H,1,4-5H2,2-3H3;4H,1-3H3. The van der Waals surface area contributed by atoms with E-state index in [9.17, 15) is 9.59 Å². The largest absolute Gasteiger partial charge is 0.462 e. The Balaban J connectivity index is 0.000000360. The van der Waals surface area contributed by atoms with Gasteiger partial charge in [0.2, 0.25) is 0 Å². The number of ether oxygens (including phenoxy) is 1. The number of nitrogens with zero attached hydrogens (tertiary/aromatic N) is 1. The van der Waals surface area contributed by atoms with E-state index in [1.54, 1.807) is 0 Å². The maximum atomic E-state index is 11.3. The molecule has 18 heavy (non-hydrogen) atoms. The molecule has 5 nitrogen and oxygen atoms in total. The first-order chi connectivity index (χ1) is 8.19. The summed E-state index contributed by atoms with van der Waals surface area (Å²) < 4.78 is 4.55. The highest BCUT2D eigenvalue weighted by Gasteiger charge is 2.26. The smallest absolute Gasteiger partial charge is 0.293 e. The molecule has 1 heterocycles. The van der Waals surface area contributed by atoms with Crippen LogP contribution < -0.4 is 5.32 Å². The topological polar surface area (TPSA) is 58.6 Å². The Hall–Kier alpha value is -1.36. The lowest BCUT2D eigenvalue weighted by Crippen LogP contribution is -2.46. The molecule has 0 spiro atoms. The molecule has 104 valence electrons. The zero-order valence-electron chi connectivity index (χ0n) is 11.9. The van der Waals surface area contributed by atoms with Gasteiger partial charge in [0.05, 0.1) is 0 Å². The normalized spacial score (nSPS) is 19.8. The van der Waals surface area contributed by atoms with Gasteiger partial charge in [0.15, 0.2) is 5.78 Å².